The van der Waals surface area contributed by atoms with Crippen molar-refractivity contribution < 1.29 is 18.0 Å². The second kappa shape index (κ2) is 4.60. The Hall–Kier alpha value is -2.17. The normalized spacial score (nSPS) is 10.4. The van der Waals surface area contributed by atoms with Crippen LogP contribution in [0.5, 0.6) is 0 Å². The molecule has 2 nitrogen and oxygen atoms in total. The van der Waals surface area contributed by atoms with Gasteiger partial charge in [0.15, 0.2) is 17.5 Å². The third-order valence-corrected chi connectivity index (χ3v) is 2.40. The Morgan fingerprint density at radius 1 is 1.06 bits per heavy atom. The predicted molar refractivity (Wildman–Crippen MR) is 58.7 cm³/mol. The van der Waals surface area contributed by atoms with Gasteiger partial charge in [-0.2, -0.15) is 0 Å². The third-order valence-electron chi connectivity index (χ3n) is 2.40. The lowest BCUT2D eigenvalue weighted by Crippen LogP contribution is -2.09. The standard InChI is InChI=1S/C13H8F3NO/c1-7-3-2-4-10(17-7)13(18)8-5-6-9(14)12(16)11(8)15/h2-6H,1H3. The van der Waals surface area contributed by atoms with E-state index < -0.39 is 28.8 Å². The molecular weight excluding hydrogens is 243 g/mol. The van der Waals surface area contributed by atoms with Gasteiger partial charge in [0.05, 0.1) is 5.56 Å². The van der Waals surface area contributed by atoms with Gasteiger partial charge in [0.2, 0.25) is 5.78 Å². The molecule has 5 heteroatoms. The molecule has 0 N–H and O–H groups in total. The largest absolute Gasteiger partial charge is 0.287 e. The van der Waals surface area contributed by atoms with Gasteiger partial charge in [0, 0.05) is 5.69 Å². The maximum Gasteiger partial charge on any atom is 0.214 e. The SMILES string of the molecule is Cc1cccc(C(=O)c2ccc(F)c(F)c2F)n1. The van der Waals surface area contributed by atoms with E-state index in [1.807, 2.05) is 0 Å². The first-order valence-corrected chi connectivity index (χ1v) is 5.12. The number of halogens is 3. The van der Waals surface area contributed by atoms with Crippen molar-refractivity contribution in [2.24, 2.45) is 0 Å². The van der Waals surface area contributed by atoms with Crippen molar-refractivity contribution >= 4 is 5.78 Å². The molecule has 0 saturated heterocycles. The minimum Gasteiger partial charge on any atom is -0.287 e. The summed E-state index contributed by atoms with van der Waals surface area (Å²) in [5.41, 5.74) is 0.0238. The van der Waals surface area contributed by atoms with Crippen LogP contribution in [0.3, 0.4) is 0 Å². The summed E-state index contributed by atoms with van der Waals surface area (Å²) < 4.78 is 39.2. The molecule has 92 valence electrons. The van der Waals surface area contributed by atoms with Crippen LogP contribution in [0.15, 0.2) is 30.3 Å². The quantitative estimate of drug-likeness (QED) is 0.606. The van der Waals surface area contributed by atoms with Crippen LogP contribution in [0.25, 0.3) is 0 Å². The van der Waals surface area contributed by atoms with Crippen LogP contribution >= 0.6 is 0 Å². The van der Waals surface area contributed by atoms with Crippen LogP contribution in [0.4, 0.5) is 13.2 Å². The van der Waals surface area contributed by atoms with Gasteiger partial charge in [-0.25, -0.2) is 18.2 Å². The van der Waals surface area contributed by atoms with Gasteiger partial charge in [0.1, 0.15) is 5.69 Å². The van der Waals surface area contributed by atoms with Gasteiger partial charge in [0.25, 0.3) is 0 Å². The van der Waals surface area contributed by atoms with E-state index in [9.17, 15) is 18.0 Å². The number of hydrogen-bond donors (Lipinski definition) is 0. The molecule has 2 aromatic rings. The molecule has 1 heterocycles. The average Bonchev–Trinajstić information content (AvgIpc) is 2.35. The molecule has 0 atom stereocenters. The highest BCUT2D eigenvalue weighted by atomic mass is 19.2. The van der Waals surface area contributed by atoms with Gasteiger partial charge in [-0.15, -0.1) is 0 Å². The van der Waals surface area contributed by atoms with Gasteiger partial charge < -0.3 is 0 Å². The highest BCUT2D eigenvalue weighted by Crippen LogP contribution is 2.18. The van der Waals surface area contributed by atoms with Crippen molar-refractivity contribution in [3.05, 3.63) is 64.7 Å². The Bertz CT molecular complexity index is 626. The number of benzene rings is 1. The van der Waals surface area contributed by atoms with E-state index in [1.165, 1.54) is 6.07 Å². The number of ketones is 1. The van der Waals surface area contributed by atoms with Crippen LogP contribution in [0, 0.1) is 24.4 Å². The fourth-order valence-corrected chi connectivity index (χ4v) is 1.51. The van der Waals surface area contributed by atoms with E-state index in [0.29, 0.717) is 11.8 Å². The lowest BCUT2D eigenvalue weighted by atomic mass is 10.1. The number of carbonyl (C=O) groups is 1. The summed E-state index contributed by atoms with van der Waals surface area (Å²) in [4.78, 5) is 15.8. The Labute approximate surface area is 101 Å². The number of nitrogens with zero attached hydrogens (tertiary/aromatic N) is 1. The Morgan fingerprint density at radius 3 is 2.44 bits per heavy atom. The van der Waals surface area contributed by atoms with Gasteiger partial charge in [-0.1, -0.05) is 6.07 Å². The maximum absolute atomic E-state index is 13.4. The van der Waals surface area contributed by atoms with Crippen LogP contribution in [-0.2, 0) is 0 Å². The first-order chi connectivity index (χ1) is 8.50. The maximum atomic E-state index is 13.4. The summed E-state index contributed by atoms with van der Waals surface area (Å²) in [6, 6.07) is 6.24. The fraction of sp³-hybridized carbons (Fsp3) is 0.0769. The molecule has 0 aliphatic carbocycles. The molecule has 0 bridgehead atoms. The topological polar surface area (TPSA) is 30.0 Å². The van der Waals surface area contributed by atoms with Crippen molar-refractivity contribution in [2.75, 3.05) is 0 Å². The molecule has 0 saturated carbocycles. The molecule has 0 amide bonds. The molecule has 0 aliphatic heterocycles. The summed E-state index contributed by atoms with van der Waals surface area (Å²) in [5, 5.41) is 0. The second-order valence-corrected chi connectivity index (χ2v) is 3.72. The number of hydrogen-bond acceptors (Lipinski definition) is 2. The van der Waals surface area contributed by atoms with Crippen molar-refractivity contribution in [2.45, 2.75) is 6.92 Å². The predicted octanol–water partition coefficient (Wildman–Crippen LogP) is 3.04. The molecule has 18 heavy (non-hydrogen) atoms. The number of pyridine rings is 1. The number of aryl methyl sites for hydroxylation is 1. The Kier molecular flexibility index (Phi) is 3.14. The first kappa shape index (κ1) is 12.3. The van der Waals surface area contributed by atoms with Crippen molar-refractivity contribution in [3.63, 3.8) is 0 Å². The Morgan fingerprint density at radius 2 is 1.78 bits per heavy atom. The molecule has 0 spiro atoms. The summed E-state index contributed by atoms with van der Waals surface area (Å²) in [6.45, 7) is 1.67. The molecular formula is C13H8F3NO. The summed E-state index contributed by atoms with van der Waals surface area (Å²) in [6.07, 6.45) is 0. The molecule has 0 aliphatic rings. The summed E-state index contributed by atoms with van der Waals surface area (Å²) >= 11 is 0. The van der Waals surface area contributed by atoms with E-state index in [4.69, 9.17) is 0 Å². The van der Waals surface area contributed by atoms with Crippen LogP contribution in [-0.4, -0.2) is 10.8 Å². The minimum atomic E-state index is -1.66. The molecule has 1 aromatic carbocycles. The zero-order chi connectivity index (χ0) is 13.3. The van der Waals surface area contributed by atoms with Gasteiger partial charge >= 0.3 is 0 Å². The lowest BCUT2D eigenvalue weighted by molar-refractivity contribution is 0.102. The van der Waals surface area contributed by atoms with E-state index in [0.717, 1.165) is 6.07 Å². The average molecular weight is 251 g/mol. The summed E-state index contributed by atoms with van der Waals surface area (Å²) in [5.74, 6) is -5.27. The van der Waals surface area contributed by atoms with E-state index >= 15 is 0 Å². The third kappa shape index (κ3) is 2.11. The van der Waals surface area contributed by atoms with Crippen LogP contribution in [0.2, 0.25) is 0 Å². The van der Waals surface area contributed by atoms with E-state index in [-0.39, 0.29) is 5.69 Å². The van der Waals surface area contributed by atoms with Crippen molar-refractivity contribution in [3.8, 4) is 0 Å². The first-order valence-electron chi connectivity index (χ1n) is 5.12. The zero-order valence-corrected chi connectivity index (χ0v) is 9.38. The highest BCUT2D eigenvalue weighted by molar-refractivity contribution is 6.07. The van der Waals surface area contributed by atoms with E-state index in [2.05, 4.69) is 4.98 Å². The molecule has 0 radical (unpaired) electrons. The molecule has 0 unspecified atom stereocenters. The highest BCUT2D eigenvalue weighted by Gasteiger charge is 2.20. The van der Waals surface area contributed by atoms with Gasteiger partial charge in [-0.3, -0.25) is 4.79 Å². The molecule has 0 fully saturated rings. The fourth-order valence-electron chi connectivity index (χ4n) is 1.51. The zero-order valence-electron chi connectivity index (χ0n) is 9.38. The second-order valence-electron chi connectivity index (χ2n) is 3.72. The monoisotopic (exact) mass is 251 g/mol. The lowest BCUT2D eigenvalue weighted by Gasteiger charge is -2.04. The van der Waals surface area contributed by atoms with Crippen LogP contribution < -0.4 is 0 Å². The smallest absolute Gasteiger partial charge is 0.214 e. The van der Waals surface area contributed by atoms with Crippen molar-refractivity contribution in [1.29, 1.82) is 0 Å². The molecule has 1 aromatic heterocycles. The number of rotatable bonds is 2. The number of carbonyl (C=O) groups excluding carboxylic acids is 1. The van der Waals surface area contributed by atoms with Crippen molar-refractivity contribution in [1.82, 2.24) is 4.98 Å². The minimum absolute atomic E-state index is 0.0140. The van der Waals surface area contributed by atoms with E-state index in [1.54, 1.807) is 19.1 Å². The van der Waals surface area contributed by atoms with Crippen LogP contribution in [0.1, 0.15) is 21.7 Å². The Balaban J connectivity index is 2.50. The summed E-state index contributed by atoms with van der Waals surface area (Å²) in [7, 11) is 0. The molecule has 2 rings (SSSR count). The number of aromatic nitrogens is 1. The van der Waals surface area contributed by atoms with Gasteiger partial charge in [-0.05, 0) is 31.2 Å².